The van der Waals surface area contributed by atoms with Gasteiger partial charge < -0.3 is 14.8 Å². The van der Waals surface area contributed by atoms with Crippen LogP contribution in [0.15, 0.2) is 18.2 Å². The van der Waals surface area contributed by atoms with Crippen molar-refractivity contribution >= 4 is 18.5 Å². The molecule has 0 atom stereocenters. The van der Waals surface area contributed by atoms with Gasteiger partial charge in [0.1, 0.15) is 13.2 Å². The predicted molar refractivity (Wildman–Crippen MR) is 63.1 cm³/mol. The van der Waals surface area contributed by atoms with Gasteiger partial charge in [0, 0.05) is 6.54 Å². The Morgan fingerprint density at radius 2 is 2.06 bits per heavy atom. The molecule has 0 saturated carbocycles. The topological polar surface area (TPSA) is 47.6 Å². The molecule has 86 valence electrons. The number of ether oxygens (including phenoxy) is 2. The zero-order valence-electron chi connectivity index (χ0n) is 8.73. The Morgan fingerprint density at radius 1 is 1.31 bits per heavy atom. The SMILES string of the molecule is O=C(CS)NCc1ccc2c(c1)OCCO2. The van der Waals surface area contributed by atoms with Crippen LogP contribution < -0.4 is 14.8 Å². The second-order valence-electron chi connectivity index (χ2n) is 3.41. The summed E-state index contributed by atoms with van der Waals surface area (Å²) >= 11 is 3.88. The van der Waals surface area contributed by atoms with Crippen LogP contribution in [0.5, 0.6) is 11.5 Å². The summed E-state index contributed by atoms with van der Waals surface area (Å²) in [6.45, 7) is 1.64. The van der Waals surface area contributed by atoms with Gasteiger partial charge >= 0.3 is 0 Å². The van der Waals surface area contributed by atoms with E-state index in [1.165, 1.54) is 0 Å². The molecule has 2 rings (SSSR count). The first-order valence-electron chi connectivity index (χ1n) is 5.05. The van der Waals surface area contributed by atoms with E-state index in [1.807, 2.05) is 18.2 Å². The summed E-state index contributed by atoms with van der Waals surface area (Å²) in [4.78, 5) is 11.0. The predicted octanol–water partition coefficient (Wildman–Crippen LogP) is 1.00. The van der Waals surface area contributed by atoms with Gasteiger partial charge in [-0.1, -0.05) is 6.07 Å². The molecule has 0 unspecified atom stereocenters. The fourth-order valence-electron chi connectivity index (χ4n) is 1.45. The summed E-state index contributed by atoms with van der Waals surface area (Å²) in [5.41, 5.74) is 0.986. The van der Waals surface area contributed by atoms with Crippen molar-refractivity contribution in [3.05, 3.63) is 23.8 Å². The number of rotatable bonds is 3. The fraction of sp³-hybridized carbons (Fsp3) is 0.364. The average molecular weight is 239 g/mol. The minimum atomic E-state index is -0.0850. The molecule has 0 aliphatic carbocycles. The molecule has 1 amide bonds. The number of fused-ring (bicyclic) bond motifs is 1. The van der Waals surface area contributed by atoms with Gasteiger partial charge in [-0.25, -0.2) is 0 Å². The van der Waals surface area contributed by atoms with Crippen LogP contribution in [0.4, 0.5) is 0 Å². The summed E-state index contributed by atoms with van der Waals surface area (Å²) in [5.74, 6) is 1.61. The Labute approximate surface area is 99.3 Å². The lowest BCUT2D eigenvalue weighted by Gasteiger charge is -2.18. The first kappa shape index (κ1) is 11.1. The van der Waals surface area contributed by atoms with E-state index < -0.39 is 0 Å². The third kappa shape index (κ3) is 2.61. The zero-order valence-corrected chi connectivity index (χ0v) is 9.63. The molecule has 0 radical (unpaired) electrons. The van der Waals surface area contributed by atoms with Gasteiger partial charge in [0.05, 0.1) is 5.75 Å². The van der Waals surface area contributed by atoms with Gasteiger partial charge in [-0.2, -0.15) is 12.6 Å². The molecule has 0 aromatic heterocycles. The van der Waals surface area contributed by atoms with Crippen LogP contribution >= 0.6 is 12.6 Å². The van der Waals surface area contributed by atoms with E-state index >= 15 is 0 Å². The van der Waals surface area contributed by atoms with Crippen LogP contribution in [0.2, 0.25) is 0 Å². The van der Waals surface area contributed by atoms with E-state index in [9.17, 15) is 4.79 Å². The number of benzene rings is 1. The zero-order chi connectivity index (χ0) is 11.4. The first-order chi connectivity index (χ1) is 7.79. The molecule has 1 N–H and O–H groups in total. The third-order valence-corrected chi connectivity index (χ3v) is 2.53. The Kier molecular flexibility index (Phi) is 3.56. The van der Waals surface area contributed by atoms with Gasteiger partial charge in [-0.15, -0.1) is 0 Å². The molecule has 16 heavy (non-hydrogen) atoms. The lowest BCUT2D eigenvalue weighted by atomic mass is 10.2. The molecule has 1 aromatic carbocycles. The molecule has 1 aliphatic heterocycles. The second kappa shape index (κ2) is 5.12. The maximum absolute atomic E-state index is 11.0. The number of hydrogen-bond donors (Lipinski definition) is 2. The van der Waals surface area contributed by atoms with Crippen molar-refractivity contribution in [2.75, 3.05) is 19.0 Å². The van der Waals surface area contributed by atoms with E-state index in [2.05, 4.69) is 17.9 Å². The summed E-state index contributed by atoms with van der Waals surface area (Å²) in [6, 6.07) is 5.65. The monoisotopic (exact) mass is 239 g/mol. The molecule has 5 heteroatoms. The summed E-state index contributed by atoms with van der Waals surface area (Å²) < 4.78 is 10.8. The minimum Gasteiger partial charge on any atom is -0.486 e. The van der Waals surface area contributed by atoms with E-state index in [1.54, 1.807) is 0 Å². The number of carbonyl (C=O) groups is 1. The van der Waals surface area contributed by atoms with Crippen molar-refractivity contribution < 1.29 is 14.3 Å². The maximum Gasteiger partial charge on any atom is 0.229 e. The van der Waals surface area contributed by atoms with E-state index in [0.29, 0.717) is 19.8 Å². The molecule has 1 aromatic rings. The quantitative estimate of drug-likeness (QED) is 0.774. The van der Waals surface area contributed by atoms with Crippen LogP contribution in [-0.4, -0.2) is 24.9 Å². The summed E-state index contributed by atoms with van der Waals surface area (Å²) in [6.07, 6.45) is 0. The van der Waals surface area contributed by atoms with Crippen molar-refractivity contribution in [3.63, 3.8) is 0 Å². The molecule has 0 bridgehead atoms. The van der Waals surface area contributed by atoms with E-state index in [-0.39, 0.29) is 11.7 Å². The molecule has 1 heterocycles. The average Bonchev–Trinajstić information content (AvgIpc) is 2.35. The van der Waals surface area contributed by atoms with Crippen LogP contribution in [0.25, 0.3) is 0 Å². The van der Waals surface area contributed by atoms with E-state index in [4.69, 9.17) is 9.47 Å². The highest BCUT2D eigenvalue weighted by molar-refractivity contribution is 7.81. The lowest BCUT2D eigenvalue weighted by Crippen LogP contribution is -2.24. The summed E-state index contributed by atoms with van der Waals surface area (Å²) in [5, 5.41) is 2.74. The Morgan fingerprint density at radius 3 is 2.81 bits per heavy atom. The normalized spacial score (nSPS) is 13.3. The van der Waals surface area contributed by atoms with Gasteiger partial charge in [-0.3, -0.25) is 4.79 Å². The van der Waals surface area contributed by atoms with Crippen LogP contribution in [0.1, 0.15) is 5.56 Å². The number of hydrogen-bond acceptors (Lipinski definition) is 4. The highest BCUT2D eigenvalue weighted by Crippen LogP contribution is 2.30. The minimum absolute atomic E-state index is 0.0850. The maximum atomic E-state index is 11.0. The molecular formula is C11H13NO3S. The number of amides is 1. The van der Waals surface area contributed by atoms with Crippen molar-refractivity contribution in [1.29, 1.82) is 0 Å². The Balaban J connectivity index is 2.03. The van der Waals surface area contributed by atoms with Crippen molar-refractivity contribution in [2.24, 2.45) is 0 Å². The highest BCUT2D eigenvalue weighted by Gasteiger charge is 2.11. The summed E-state index contributed by atoms with van der Waals surface area (Å²) in [7, 11) is 0. The van der Waals surface area contributed by atoms with Crippen molar-refractivity contribution in [1.82, 2.24) is 5.32 Å². The van der Waals surface area contributed by atoms with Gasteiger partial charge in [0.25, 0.3) is 0 Å². The second-order valence-corrected chi connectivity index (χ2v) is 3.73. The first-order valence-corrected chi connectivity index (χ1v) is 5.69. The lowest BCUT2D eigenvalue weighted by molar-refractivity contribution is -0.118. The molecule has 4 nitrogen and oxygen atoms in total. The Bertz CT molecular complexity index is 395. The van der Waals surface area contributed by atoms with Crippen LogP contribution in [-0.2, 0) is 11.3 Å². The van der Waals surface area contributed by atoms with Crippen LogP contribution in [0, 0.1) is 0 Å². The van der Waals surface area contributed by atoms with Crippen molar-refractivity contribution in [3.8, 4) is 11.5 Å². The van der Waals surface area contributed by atoms with Crippen molar-refractivity contribution in [2.45, 2.75) is 6.54 Å². The molecule has 0 fully saturated rings. The van der Waals surface area contributed by atoms with Gasteiger partial charge in [-0.05, 0) is 17.7 Å². The standard InChI is InChI=1S/C11H13NO3S/c13-11(7-16)12-6-8-1-2-9-10(5-8)15-4-3-14-9/h1-2,5,16H,3-4,6-7H2,(H,12,13). The third-order valence-electron chi connectivity index (χ3n) is 2.24. The largest absolute Gasteiger partial charge is 0.486 e. The fourth-order valence-corrected chi connectivity index (χ4v) is 1.57. The molecule has 0 spiro atoms. The highest BCUT2D eigenvalue weighted by atomic mass is 32.1. The number of nitrogens with one attached hydrogen (secondary N) is 1. The molecule has 1 aliphatic rings. The van der Waals surface area contributed by atoms with E-state index in [0.717, 1.165) is 17.1 Å². The number of carbonyl (C=O) groups excluding carboxylic acids is 1. The Hall–Kier alpha value is -1.36. The molecular weight excluding hydrogens is 226 g/mol. The smallest absolute Gasteiger partial charge is 0.229 e. The van der Waals surface area contributed by atoms with Gasteiger partial charge in [0.2, 0.25) is 5.91 Å². The van der Waals surface area contributed by atoms with Crippen LogP contribution in [0.3, 0.4) is 0 Å². The molecule has 0 saturated heterocycles. The number of thiol groups is 1. The van der Waals surface area contributed by atoms with Gasteiger partial charge in [0.15, 0.2) is 11.5 Å².